The molecular formula is C22H23N5O2. The number of para-hydroxylation sites is 2. The van der Waals surface area contributed by atoms with Crippen LogP contribution >= 0.6 is 0 Å². The molecular weight excluding hydrogens is 366 g/mol. The number of phenols is 1. The van der Waals surface area contributed by atoms with Crippen LogP contribution in [0.4, 0.5) is 5.82 Å². The highest BCUT2D eigenvalue weighted by atomic mass is 16.3. The first-order chi connectivity index (χ1) is 14.1. The molecule has 1 amide bonds. The molecule has 2 aromatic carbocycles. The van der Waals surface area contributed by atoms with Crippen LogP contribution in [-0.4, -0.2) is 40.1 Å². The largest absolute Gasteiger partial charge is 0.507 e. The Hall–Kier alpha value is -3.61. The summed E-state index contributed by atoms with van der Waals surface area (Å²) in [5.74, 6) is 0.438. The van der Waals surface area contributed by atoms with E-state index in [9.17, 15) is 9.90 Å². The Balaban J connectivity index is 1.64. The number of anilines is 1. The van der Waals surface area contributed by atoms with E-state index in [1.165, 1.54) is 6.07 Å². The zero-order valence-electron chi connectivity index (χ0n) is 16.2. The van der Waals surface area contributed by atoms with Crippen LogP contribution in [0, 0.1) is 6.92 Å². The van der Waals surface area contributed by atoms with Gasteiger partial charge in [0.25, 0.3) is 5.91 Å². The number of phenolic OH excluding ortho intramolecular Hbond substituents is 1. The number of hydrogen-bond acceptors (Lipinski definition) is 5. The highest BCUT2D eigenvalue weighted by Gasteiger charge is 2.23. The summed E-state index contributed by atoms with van der Waals surface area (Å²) in [4.78, 5) is 14.6. The molecule has 1 saturated heterocycles. The van der Waals surface area contributed by atoms with Gasteiger partial charge in [0, 0.05) is 13.1 Å². The number of aromatic nitrogens is 2. The first-order valence-electron chi connectivity index (χ1n) is 9.66. The van der Waals surface area contributed by atoms with Crippen molar-refractivity contribution in [1.29, 1.82) is 0 Å². The monoisotopic (exact) mass is 389 g/mol. The number of carbonyl (C=O) groups is 1. The standard InChI is InChI=1S/C22H23N5O2/c1-16-19(15-23-24-21(29)18-11-5-6-12-20(18)28)22(26-13-7-8-14-26)27(25-16)17-9-3-2-4-10-17/h2-6,9-12,15,28H,7-8,13-14H2,1H3,(H,24,29)/b23-15-. The van der Waals surface area contributed by atoms with Crippen LogP contribution in [0.3, 0.4) is 0 Å². The SMILES string of the molecule is Cc1nn(-c2ccccc2)c(N2CCCC2)c1/C=N\NC(=O)c1ccccc1O. The van der Waals surface area contributed by atoms with E-state index >= 15 is 0 Å². The molecule has 0 aliphatic carbocycles. The second-order valence-electron chi connectivity index (χ2n) is 6.98. The summed E-state index contributed by atoms with van der Waals surface area (Å²) in [6, 6.07) is 16.4. The maximum absolute atomic E-state index is 12.3. The molecule has 1 aliphatic heterocycles. The molecule has 3 aromatic rings. The Morgan fingerprint density at radius 1 is 1.10 bits per heavy atom. The quantitative estimate of drug-likeness (QED) is 0.518. The molecule has 1 aliphatic rings. The highest BCUT2D eigenvalue weighted by Crippen LogP contribution is 2.29. The highest BCUT2D eigenvalue weighted by molar-refractivity contribution is 5.97. The molecule has 1 aromatic heterocycles. The van der Waals surface area contributed by atoms with E-state index in [1.54, 1.807) is 24.4 Å². The van der Waals surface area contributed by atoms with Gasteiger partial charge >= 0.3 is 0 Å². The molecule has 1 fully saturated rings. The number of nitrogens with zero attached hydrogens (tertiary/aromatic N) is 4. The summed E-state index contributed by atoms with van der Waals surface area (Å²) in [7, 11) is 0. The summed E-state index contributed by atoms with van der Waals surface area (Å²) in [5, 5.41) is 18.7. The van der Waals surface area contributed by atoms with E-state index in [1.807, 2.05) is 41.9 Å². The smallest absolute Gasteiger partial charge is 0.275 e. The number of aromatic hydroxyl groups is 1. The van der Waals surface area contributed by atoms with Crippen LogP contribution in [0.2, 0.25) is 0 Å². The van der Waals surface area contributed by atoms with Crippen molar-refractivity contribution in [2.24, 2.45) is 5.10 Å². The second-order valence-corrected chi connectivity index (χ2v) is 6.98. The number of carbonyl (C=O) groups excluding carboxylic acids is 1. The summed E-state index contributed by atoms with van der Waals surface area (Å²) >= 11 is 0. The fraction of sp³-hybridized carbons (Fsp3) is 0.227. The lowest BCUT2D eigenvalue weighted by molar-refractivity contribution is 0.0952. The van der Waals surface area contributed by atoms with Gasteiger partial charge in [-0.05, 0) is 44.0 Å². The van der Waals surface area contributed by atoms with Gasteiger partial charge < -0.3 is 10.0 Å². The minimum absolute atomic E-state index is 0.0777. The lowest BCUT2D eigenvalue weighted by atomic mass is 10.2. The maximum atomic E-state index is 12.3. The molecule has 7 heteroatoms. The lowest BCUT2D eigenvalue weighted by Gasteiger charge is -2.20. The number of rotatable bonds is 5. The summed E-state index contributed by atoms with van der Waals surface area (Å²) in [5.41, 5.74) is 5.36. The third-order valence-corrected chi connectivity index (χ3v) is 5.00. The third-order valence-electron chi connectivity index (χ3n) is 5.00. The van der Waals surface area contributed by atoms with Crippen molar-refractivity contribution < 1.29 is 9.90 Å². The van der Waals surface area contributed by atoms with Crippen molar-refractivity contribution in [3.8, 4) is 11.4 Å². The number of hydrogen-bond donors (Lipinski definition) is 2. The van der Waals surface area contributed by atoms with Crippen molar-refractivity contribution in [2.45, 2.75) is 19.8 Å². The van der Waals surface area contributed by atoms with Crippen molar-refractivity contribution in [1.82, 2.24) is 15.2 Å². The van der Waals surface area contributed by atoms with Crippen LogP contribution in [-0.2, 0) is 0 Å². The van der Waals surface area contributed by atoms with E-state index in [0.29, 0.717) is 0 Å². The molecule has 0 radical (unpaired) electrons. The normalized spacial score (nSPS) is 13.9. The van der Waals surface area contributed by atoms with E-state index in [0.717, 1.165) is 48.7 Å². The van der Waals surface area contributed by atoms with Crippen LogP contribution in [0.15, 0.2) is 59.7 Å². The molecule has 29 heavy (non-hydrogen) atoms. The van der Waals surface area contributed by atoms with E-state index in [2.05, 4.69) is 15.4 Å². The zero-order chi connectivity index (χ0) is 20.2. The molecule has 0 atom stereocenters. The van der Waals surface area contributed by atoms with Gasteiger partial charge in [-0.1, -0.05) is 30.3 Å². The Morgan fingerprint density at radius 2 is 1.79 bits per heavy atom. The summed E-state index contributed by atoms with van der Waals surface area (Å²) in [6.45, 7) is 3.86. The number of amides is 1. The zero-order valence-corrected chi connectivity index (χ0v) is 16.2. The van der Waals surface area contributed by atoms with Gasteiger partial charge in [-0.2, -0.15) is 10.2 Å². The van der Waals surface area contributed by atoms with E-state index in [4.69, 9.17) is 5.10 Å². The van der Waals surface area contributed by atoms with Crippen LogP contribution < -0.4 is 10.3 Å². The summed E-state index contributed by atoms with van der Waals surface area (Å²) in [6.07, 6.45) is 3.91. The molecule has 0 bridgehead atoms. The van der Waals surface area contributed by atoms with Crippen LogP contribution in [0.25, 0.3) is 5.69 Å². The molecule has 2 N–H and O–H groups in total. The van der Waals surface area contributed by atoms with Gasteiger partial charge in [0.1, 0.15) is 11.6 Å². The number of nitrogens with one attached hydrogen (secondary N) is 1. The topological polar surface area (TPSA) is 82.8 Å². The molecule has 148 valence electrons. The van der Waals surface area contributed by atoms with Crippen molar-refractivity contribution in [3.05, 3.63) is 71.4 Å². The number of hydrazone groups is 1. The van der Waals surface area contributed by atoms with Crippen molar-refractivity contribution in [2.75, 3.05) is 18.0 Å². The van der Waals surface area contributed by atoms with E-state index in [-0.39, 0.29) is 11.3 Å². The average molecular weight is 389 g/mol. The Bertz CT molecular complexity index is 1040. The van der Waals surface area contributed by atoms with Gasteiger partial charge in [-0.25, -0.2) is 10.1 Å². The first kappa shape index (κ1) is 18.7. The Kier molecular flexibility index (Phi) is 5.29. The first-order valence-corrected chi connectivity index (χ1v) is 9.66. The molecule has 0 unspecified atom stereocenters. The predicted molar refractivity (Wildman–Crippen MR) is 113 cm³/mol. The number of benzene rings is 2. The fourth-order valence-electron chi connectivity index (χ4n) is 3.54. The fourth-order valence-corrected chi connectivity index (χ4v) is 3.54. The lowest BCUT2D eigenvalue weighted by Crippen LogP contribution is -2.23. The molecule has 4 rings (SSSR count). The van der Waals surface area contributed by atoms with Gasteiger partial charge in [-0.3, -0.25) is 4.79 Å². The average Bonchev–Trinajstić information content (AvgIpc) is 3.37. The summed E-state index contributed by atoms with van der Waals surface area (Å²) < 4.78 is 1.94. The van der Waals surface area contributed by atoms with Gasteiger partial charge in [0.05, 0.1) is 28.7 Å². The minimum Gasteiger partial charge on any atom is -0.507 e. The second kappa shape index (κ2) is 8.18. The Labute approximate surface area is 169 Å². The molecule has 0 spiro atoms. The van der Waals surface area contributed by atoms with Gasteiger partial charge in [0.2, 0.25) is 0 Å². The number of aryl methyl sites for hydroxylation is 1. The van der Waals surface area contributed by atoms with Crippen LogP contribution in [0.5, 0.6) is 5.75 Å². The molecule has 7 nitrogen and oxygen atoms in total. The minimum atomic E-state index is -0.463. The molecule has 0 saturated carbocycles. The third kappa shape index (κ3) is 3.85. The maximum Gasteiger partial charge on any atom is 0.275 e. The van der Waals surface area contributed by atoms with Gasteiger partial charge in [0.15, 0.2) is 0 Å². The van der Waals surface area contributed by atoms with Crippen molar-refractivity contribution >= 4 is 17.9 Å². The van der Waals surface area contributed by atoms with Gasteiger partial charge in [-0.15, -0.1) is 0 Å². The van der Waals surface area contributed by atoms with E-state index < -0.39 is 5.91 Å². The Morgan fingerprint density at radius 3 is 2.52 bits per heavy atom. The predicted octanol–water partition coefficient (Wildman–Crippen LogP) is 3.25. The molecule has 2 heterocycles. The van der Waals surface area contributed by atoms with Crippen LogP contribution in [0.1, 0.15) is 34.5 Å². The van der Waals surface area contributed by atoms with Crippen molar-refractivity contribution in [3.63, 3.8) is 0 Å².